The number of fused-ring (bicyclic) bond motifs is 1. The Morgan fingerprint density at radius 1 is 0.941 bits per heavy atom. The van der Waals surface area contributed by atoms with Gasteiger partial charge < -0.3 is 0 Å². The summed E-state index contributed by atoms with van der Waals surface area (Å²) < 4.78 is 1.34. The van der Waals surface area contributed by atoms with E-state index in [2.05, 4.69) is 47.5 Å². The van der Waals surface area contributed by atoms with Gasteiger partial charge in [0, 0.05) is 22.0 Å². The topological polar surface area (TPSA) is 12.9 Å². The van der Waals surface area contributed by atoms with E-state index in [0.717, 1.165) is 0 Å². The van der Waals surface area contributed by atoms with Crippen molar-refractivity contribution in [1.29, 1.82) is 0 Å². The number of aromatic nitrogens is 1. The summed E-state index contributed by atoms with van der Waals surface area (Å²) in [7, 11) is 0. The average molecular weight is 237 g/mol. The second kappa shape index (κ2) is 4.52. The maximum Gasteiger partial charge on any atom is 0.0349 e. The molecule has 0 radical (unpaired) electrons. The minimum atomic E-state index is 1.18. The molecular formula is C15H11NS. The van der Waals surface area contributed by atoms with Crippen LogP contribution in [0.2, 0.25) is 0 Å². The largest absolute Gasteiger partial charge is 0.265 e. The molecule has 0 saturated heterocycles. The molecule has 0 unspecified atom stereocenters. The third kappa shape index (κ3) is 2.27. The molecule has 0 aliphatic rings. The van der Waals surface area contributed by atoms with Crippen LogP contribution in [0.15, 0.2) is 54.9 Å². The van der Waals surface area contributed by atoms with Crippen LogP contribution in [0.5, 0.6) is 0 Å². The lowest BCUT2D eigenvalue weighted by Gasteiger charge is -1.89. The first-order valence-electron chi connectivity index (χ1n) is 5.48. The molecule has 1 nitrogen and oxygen atoms in total. The number of rotatable bonds is 2. The van der Waals surface area contributed by atoms with Gasteiger partial charge in [0.15, 0.2) is 0 Å². The van der Waals surface area contributed by atoms with Gasteiger partial charge in [-0.05, 0) is 41.3 Å². The highest BCUT2D eigenvalue weighted by Crippen LogP contribution is 2.26. The van der Waals surface area contributed by atoms with Crippen molar-refractivity contribution in [3.8, 4) is 0 Å². The van der Waals surface area contributed by atoms with Crippen LogP contribution < -0.4 is 0 Å². The van der Waals surface area contributed by atoms with Gasteiger partial charge in [0.25, 0.3) is 0 Å². The van der Waals surface area contributed by atoms with Crippen molar-refractivity contribution in [2.45, 2.75) is 0 Å². The van der Waals surface area contributed by atoms with Crippen molar-refractivity contribution in [2.75, 3.05) is 0 Å². The second-order valence-electron chi connectivity index (χ2n) is 3.80. The van der Waals surface area contributed by atoms with Gasteiger partial charge in [-0.3, -0.25) is 4.98 Å². The lowest BCUT2D eigenvalue weighted by atomic mass is 10.2. The van der Waals surface area contributed by atoms with E-state index in [0.29, 0.717) is 0 Å². The summed E-state index contributed by atoms with van der Waals surface area (Å²) in [5.41, 5.74) is 1.18. The molecular weight excluding hydrogens is 226 g/mol. The molecule has 0 atom stereocenters. The molecule has 2 aromatic heterocycles. The van der Waals surface area contributed by atoms with Crippen molar-refractivity contribution in [1.82, 2.24) is 4.98 Å². The summed E-state index contributed by atoms with van der Waals surface area (Å²) in [6.45, 7) is 0. The van der Waals surface area contributed by atoms with E-state index in [-0.39, 0.29) is 0 Å². The predicted molar refractivity (Wildman–Crippen MR) is 75.0 cm³/mol. The number of pyridine rings is 1. The first kappa shape index (κ1) is 10.2. The van der Waals surface area contributed by atoms with E-state index < -0.39 is 0 Å². The van der Waals surface area contributed by atoms with Gasteiger partial charge in [0.05, 0.1) is 0 Å². The summed E-state index contributed by atoms with van der Waals surface area (Å²) in [5.74, 6) is 0. The van der Waals surface area contributed by atoms with Crippen LogP contribution in [0, 0.1) is 0 Å². The molecule has 0 aliphatic carbocycles. The monoisotopic (exact) mass is 237 g/mol. The molecule has 2 heterocycles. The Labute approximate surface area is 104 Å². The van der Waals surface area contributed by atoms with Crippen LogP contribution in [-0.4, -0.2) is 4.98 Å². The Kier molecular flexibility index (Phi) is 2.72. The van der Waals surface area contributed by atoms with Crippen molar-refractivity contribution in [2.24, 2.45) is 0 Å². The van der Waals surface area contributed by atoms with E-state index in [1.807, 2.05) is 35.9 Å². The highest BCUT2D eigenvalue weighted by atomic mass is 32.1. The van der Waals surface area contributed by atoms with E-state index in [9.17, 15) is 0 Å². The molecule has 17 heavy (non-hydrogen) atoms. The Morgan fingerprint density at radius 2 is 1.76 bits per heavy atom. The Balaban J connectivity index is 1.92. The van der Waals surface area contributed by atoms with Crippen LogP contribution in [0.4, 0.5) is 0 Å². The molecule has 0 aliphatic heterocycles. The molecule has 2 heteroatoms. The van der Waals surface area contributed by atoms with Crippen LogP contribution >= 0.6 is 11.3 Å². The molecule has 0 bridgehead atoms. The number of thiophene rings is 1. The van der Waals surface area contributed by atoms with Crippen molar-refractivity contribution >= 4 is 33.6 Å². The fourth-order valence-electron chi connectivity index (χ4n) is 1.74. The Bertz CT molecular complexity index is 620. The standard InChI is InChI=1S/C15H11NS/c1-2-4-15-13(3-1)11-14(17-15)6-5-12-7-9-16-10-8-12/h1-11H/b6-5+. The van der Waals surface area contributed by atoms with Crippen LogP contribution in [-0.2, 0) is 0 Å². The molecule has 0 fully saturated rings. The fourth-order valence-corrected chi connectivity index (χ4v) is 2.70. The number of benzene rings is 1. The molecule has 0 saturated carbocycles. The summed E-state index contributed by atoms with van der Waals surface area (Å²) >= 11 is 1.81. The predicted octanol–water partition coefficient (Wildman–Crippen LogP) is 4.47. The molecule has 3 rings (SSSR count). The van der Waals surface area contributed by atoms with Gasteiger partial charge in [0.1, 0.15) is 0 Å². The van der Waals surface area contributed by atoms with E-state index in [1.165, 1.54) is 20.5 Å². The lowest BCUT2D eigenvalue weighted by molar-refractivity contribution is 1.32. The van der Waals surface area contributed by atoms with Crippen molar-refractivity contribution in [3.05, 3.63) is 65.3 Å². The zero-order valence-electron chi connectivity index (χ0n) is 9.21. The molecule has 1 aromatic carbocycles. The molecule has 3 aromatic rings. The smallest absolute Gasteiger partial charge is 0.0349 e. The third-order valence-corrected chi connectivity index (χ3v) is 3.67. The highest BCUT2D eigenvalue weighted by Gasteiger charge is 1.97. The molecule has 82 valence electrons. The summed E-state index contributed by atoms with van der Waals surface area (Å²) in [6.07, 6.45) is 7.89. The van der Waals surface area contributed by atoms with E-state index >= 15 is 0 Å². The summed E-state index contributed by atoms with van der Waals surface area (Å²) in [6, 6.07) is 14.7. The Morgan fingerprint density at radius 3 is 2.59 bits per heavy atom. The Hall–Kier alpha value is -1.93. The van der Waals surface area contributed by atoms with Crippen LogP contribution in [0.1, 0.15) is 10.4 Å². The highest BCUT2D eigenvalue weighted by molar-refractivity contribution is 7.19. The zero-order valence-corrected chi connectivity index (χ0v) is 10.0. The maximum atomic E-state index is 4.00. The van der Waals surface area contributed by atoms with Crippen LogP contribution in [0.25, 0.3) is 22.2 Å². The molecule has 0 spiro atoms. The number of nitrogens with zero attached hydrogens (tertiary/aromatic N) is 1. The average Bonchev–Trinajstić information content (AvgIpc) is 2.80. The quantitative estimate of drug-likeness (QED) is 0.641. The van der Waals surface area contributed by atoms with Gasteiger partial charge in [-0.2, -0.15) is 0 Å². The lowest BCUT2D eigenvalue weighted by Crippen LogP contribution is -1.71. The van der Waals surface area contributed by atoms with Crippen molar-refractivity contribution in [3.63, 3.8) is 0 Å². The SMILES string of the molecule is C(=C\c1cc2ccccc2s1)/c1ccncc1. The minimum Gasteiger partial charge on any atom is -0.265 e. The van der Waals surface area contributed by atoms with E-state index in [1.54, 1.807) is 0 Å². The zero-order chi connectivity index (χ0) is 11.5. The number of hydrogen-bond acceptors (Lipinski definition) is 2. The first-order chi connectivity index (χ1) is 8.42. The maximum absolute atomic E-state index is 4.00. The normalized spacial score (nSPS) is 11.3. The third-order valence-electron chi connectivity index (χ3n) is 2.59. The summed E-state index contributed by atoms with van der Waals surface area (Å²) in [5, 5.41) is 1.31. The van der Waals surface area contributed by atoms with Gasteiger partial charge in [-0.1, -0.05) is 24.3 Å². The summed E-state index contributed by atoms with van der Waals surface area (Å²) in [4.78, 5) is 5.28. The van der Waals surface area contributed by atoms with Crippen LogP contribution in [0.3, 0.4) is 0 Å². The van der Waals surface area contributed by atoms with Gasteiger partial charge in [-0.25, -0.2) is 0 Å². The fraction of sp³-hybridized carbons (Fsp3) is 0. The van der Waals surface area contributed by atoms with Gasteiger partial charge in [0.2, 0.25) is 0 Å². The second-order valence-corrected chi connectivity index (χ2v) is 4.92. The van der Waals surface area contributed by atoms with Crippen molar-refractivity contribution < 1.29 is 0 Å². The van der Waals surface area contributed by atoms with Gasteiger partial charge in [-0.15, -0.1) is 11.3 Å². The minimum absolute atomic E-state index is 1.18. The molecule has 0 amide bonds. The van der Waals surface area contributed by atoms with E-state index in [4.69, 9.17) is 0 Å². The first-order valence-corrected chi connectivity index (χ1v) is 6.30. The molecule has 0 N–H and O–H groups in total. The van der Waals surface area contributed by atoms with Gasteiger partial charge >= 0.3 is 0 Å². The number of hydrogen-bond donors (Lipinski definition) is 0.